The molecule has 15 heavy (non-hydrogen) atoms. The molecule has 3 nitrogen and oxygen atoms in total. The smallest absolute Gasteiger partial charge is 0.124 e. The van der Waals surface area contributed by atoms with Crippen LogP contribution in [0.15, 0.2) is 24.3 Å². The first-order valence-electron chi connectivity index (χ1n) is 5.47. The van der Waals surface area contributed by atoms with Crippen molar-refractivity contribution in [2.75, 3.05) is 7.05 Å². The molecule has 0 amide bonds. The number of benzene rings is 1. The lowest BCUT2D eigenvalue weighted by atomic mass is 10.1. The number of para-hydroxylation sites is 2. The molecular formula is C12H17N3. The van der Waals surface area contributed by atoms with Gasteiger partial charge in [-0.3, -0.25) is 0 Å². The van der Waals surface area contributed by atoms with Crippen molar-refractivity contribution in [3.05, 3.63) is 30.1 Å². The molecule has 2 rings (SSSR count). The summed E-state index contributed by atoms with van der Waals surface area (Å²) in [5.41, 5.74) is 2.16. The highest BCUT2D eigenvalue weighted by atomic mass is 15.0. The maximum atomic E-state index is 4.58. The maximum Gasteiger partial charge on any atom is 0.124 e. The Balaban J connectivity index is 2.34. The number of imidazole rings is 1. The van der Waals surface area contributed by atoms with E-state index in [2.05, 4.69) is 28.3 Å². The molecule has 0 aliphatic heterocycles. The van der Waals surface area contributed by atoms with E-state index in [9.17, 15) is 0 Å². The van der Waals surface area contributed by atoms with Crippen LogP contribution in [0.1, 0.15) is 31.6 Å². The standard InChI is InChI=1S/C12H17N3/c1-3-6-11(13-2)12-14-9-7-4-5-8-10(9)15-12/h4-5,7-8,11,13H,3,6H2,1-2H3,(H,14,15)/t11-/m1/s1. The molecule has 0 unspecified atom stereocenters. The number of hydrogen-bond donors (Lipinski definition) is 2. The molecule has 0 saturated carbocycles. The van der Waals surface area contributed by atoms with Crippen LogP contribution in [-0.4, -0.2) is 17.0 Å². The average Bonchev–Trinajstić information content (AvgIpc) is 2.69. The van der Waals surface area contributed by atoms with E-state index < -0.39 is 0 Å². The highest BCUT2D eigenvalue weighted by Crippen LogP contribution is 2.18. The first kappa shape index (κ1) is 10.2. The van der Waals surface area contributed by atoms with Crippen molar-refractivity contribution in [1.29, 1.82) is 0 Å². The van der Waals surface area contributed by atoms with Crippen molar-refractivity contribution in [3.63, 3.8) is 0 Å². The van der Waals surface area contributed by atoms with Crippen LogP contribution in [-0.2, 0) is 0 Å². The lowest BCUT2D eigenvalue weighted by molar-refractivity contribution is 0.519. The zero-order valence-electron chi connectivity index (χ0n) is 9.25. The van der Waals surface area contributed by atoms with Crippen LogP contribution in [0.5, 0.6) is 0 Å². The number of nitrogens with one attached hydrogen (secondary N) is 2. The minimum absolute atomic E-state index is 0.336. The predicted molar refractivity (Wildman–Crippen MR) is 62.8 cm³/mol. The number of aromatic nitrogens is 2. The number of hydrogen-bond acceptors (Lipinski definition) is 2. The van der Waals surface area contributed by atoms with Crippen LogP contribution < -0.4 is 5.32 Å². The van der Waals surface area contributed by atoms with Gasteiger partial charge in [-0.2, -0.15) is 0 Å². The molecule has 0 fully saturated rings. The van der Waals surface area contributed by atoms with Crippen LogP contribution in [0.4, 0.5) is 0 Å². The molecule has 0 aliphatic carbocycles. The third-order valence-electron chi connectivity index (χ3n) is 2.66. The Hall–Kier alpha value is -1.35. The maximum absolute atomic E-state index is 4.58. The van der Waals surface area contributed by atoms with E-state index in [0.29, 0.717) is 6.04 Å². The van der Waals surface area contributed by atoms with Gasteiger partial charge in [0.25, 0.3) is 0 Å². The lowest BCUT2D eigenvalue weighted by Gasteiger charge is -2.11. The van der Waals surface area contributed by atoms with Gasteiger partial charge in [-0.05, 0) is 25.6 Å². The number of fused-ring (bicyclic) bond motifs is 1. The molecule has 0 aliphatic rings. The molecule has 1 aromatic heterocycles. The molecule has 0 spiro atoms. The van der Waals surface area contributed by atoms with Crippen molar-refractivity contribution >= 4 is 11.0 Å². The zero-order valence-corrected chi connectivity index (χ0v) is 9.25. The zero-order chi connectivity index (χ0) is 10.7. The molecule has 1 atom stereocenters. The molecule has 80 valence electrons. The summed E-state index contributed by atoms with van der Waals surface area (Å²) in [7, 11) is 1.98. The van der Waals surface area contributed by atoms with Crippen molar-refractivity contribution < 1.29 is 0 Å². The fourth-order valence-electron chi connectivity index (χ4n) is 1.84. The van der Waals surface area contributed by atoms with E-state index in [1.807, 2.05) is 25.2 Å². The van der Waals surface area contributed by atoms with Gasteiger partial charge >= 0.3 is 0 Å². The molecule has 2 N–H and O–H groups in total. The second-order valence-electron chi connectivity index (χ2n) is 3.77. The summed E-state index contributed by atoms with van der Waals surface area (Å²) in [5.74, 6) is 1.04. The van der Waals surface area contributed by atoms with Crippen molar-refractivity contribution in [3.8, 4) is 0 Å². The van der Waals surface area contributed by atoms with Gasteiger partial charge in [0.2, 0.25) is 0 Å². The molecule has 0 radical (unpaired) electrons. The SMILES string of the molecule is CCC[C@@H](NC)c1nc2ccccc2[nH]1. The van der Waals surface area contributed by atoms with Gasteiger partial charge in [-0.15, -0.1) is 0 Å². The number of H-pyrrole nitrogens is 1. The lowest BCUT2D eigenvalue weighted by Crippen LogP contribution is -2.17. The van der Waals surface area contributed by atoms with E-state index >= 15 is 0 Å². The average molecular weight is 203 g/mol. The van der Waals surface area contributed by atoms with Crippen molar-refractivity contribution in [2.45, 2.75) is 25.8 Å². The Labute approximate surface area is 89.9 Å². The summed E-state index contributed by atoms with van der Waals surface area (Å²) in [6.45, 7) is 2.19. The summed E-state index contributed by atoms with van der Waals surface area (Å²) in [4.78, 5) is 7.94. The summed E-state index contributed by atoms with van der Waals surface area (Å²) < 4.78 is 0. The van der Waals surface area contributed by atoms with Crippen LogP contribution in [0.25, 0.3) is 11.0 Å². The van der Waals surface area contributed by atoms with Crippen molar-refractivity contribution in [1.82, 2.24) is 15.3 Å². The Bertz CT molecular complexity index is 400. The molecule has 3 heteroatoms. The number of rotatable bonds is 4. The summed E-state index contributed by atoms with van der Waals surface area (Å²) >= 11 is 0. The van der Waals surface area contributed by atoms with Crippen LogP contribution in [0.3, 0.4) is 0 Å². The molecule has 2 aromatic rings. The van der Waals surface area contributed by atoms with Gasteiger partial charge in [0.05, 0.1) is 17.1 Å². The molecule has 1 heterocycles. The van der Waals surface area contributed by atoms with Gasteiger partial charge in [0, 0.05) is 0 Å². The minimum atomic E-state index is 0.336. The molecule has 0 bridgehead atoms. The molecule has 1 aromatic carbocycles. The summed E-state index contributed by atoms with van der Waals surface area (Å²) in [5, 5.41) is 3.29. The summed E-state index contributed by atoms with van der Waals surface area (Å²) in [6, 6.07) is 8.47. The van der Waals surface area contributed by atoms with Gasteiger partial charge in [-0.25, -0.2) is 4.98 Å². The topological polar surface area (TPSA) is 40.7 Å². The third kappa shape index (κ3) is 2.02. The monoisotopic (exact) mass is 203 g/mol. The largest absolute Gasteiger partial charge is 0.341 e. The van der Waals surface area contributed by atoms with Crippen LogP contribution >= 0.6 is 0 Å². The minimum Gasteiger partial charge on any atom is -0.341 e. The summed E-state index contributed by atoms with van der Waals surface area (Å²) in [6.07, 6.45) is 2.26. The first-order valence-corrected chi connectivity index (χ1v) is 5.47. The Morgan fingerprint density at radius 3 is 2.87 bits per heavy atom. The van der Waals surface area contributed by atoms with Gasteiger partial charge in [-0.1, -0.05) is 25.5 Å². The number of nitrogens with zero attached hydrogens (tertiary/aromatic N) is 1. The quantitative estimate of drug-likeness (QED) is 0.802. The second-order valence-corrected chi connectivity index (χ2v) is 3.77. The van der Waals surface area contributed by atoms with Crippen molar-refractivity contribution in [2.24, 2.45) is 0 Å². The number of aromatic amines is 1. The van der Waals surface area contributed by atoms with Gasteiger partial charge < -0.3 is 10.3 Å². The Morgan fingerprint density at radius 2 is 2.20 bits per heavy atom. The van der Waals surface area contributed by atoms with Crippen LogP contribution in [0.2, 0.25) is 0 Å². The highest BCUT2D eigenvalue weighted by molar-refractivity contribution is 5.74. The molecular weight excluding hydrogens is 186 g/mol. The Kier molecular flexibility index (Phi) is 3.02. The van der Waals surface area contributed by atoms with E-state index in [1.165, 1.54) is 0 Å². The Morgan fingerprint density at radius 1 is 1.40 bits per heavy atom. The predicted octanol–water partition coefficient (Wildman–Crippen LogP) is 2.62. The fourth-order valence-corrected chi connectivity index (χ4v) is 1.84. The van der Waals surface area contributed by atoms with E-state index in [4.69, 9.17) is 0 Å². The molecule has 0 saturated heterocycles. The normalized spacial score (nSPS) is 13.2. The van der Waals surface area contributed by atoms with Gasteiger partial charge in [0.15, 0.2) is 0 Å². The van der Waals surface area contributed by atoms with E-state index in [-0.39, 0.29) is 0 Å². The van der Waals surface area contributed by atoms with E-state index in [1.54, 1.807) is 0 Å². The third-order valence-corrected chi connectivity index (χ3v) is 2.66. The van der Waals surface area contributed by atoms with Crippen LogP contribution in [0, 0.1) is 0 Å². The first-order chi connectivity index (χ1) is 7.35. The second kappa shape index (κ2) is 4.45. The van der Waals surface area contributed by atoms with E-state index in [0.717, 1.165) is 29.7 Å². The fraction of sp³-hybridized carbons (Fsp3) is 0.417. The van der Waals surface area contributed by atoms with Gasteiger partial charge in [0.1, 0.15) is 5.82 Å². The highest BCUT2D eigenvalue weighted by Gasteiger charge is 2.12.